The largest absolute Gasteiger partial charge is 0.468 e. The molecule has 8 nitrogen and oxygen atoms in total. The molecule has 0 amide bonds. The summed E-state index contributed by atoms with van der Waals surface area (Å²) in [6, 6.07) is 4.27. The zero-order chi connectivity index (χ0) is 18.0. The molecular formula is C18H30IN7O. The van der Waals surface area contributed by atoms with E-state index in [1.165, 1.54) is 12.8 Å². The molecule has 27 heavy (non-hydrogen) atoms. The van der Waals surface area contributed by atoms with Gasteiger partial charge < -0.3 is 19.6 Å². The normalized spacial score (nSPS) is 16.1. The molecule has 0 spiro atoms. The Hall–Kier alpha value is -1.62. The van der Waals surface area contributed by atoms with E-state index in [0.717, 1.165) is 57.3 Å². The molecule has 2 aromatic heterocycles. The number of furan rings is 1. The van der Waals surface area contributed by atoms with Crippen molar-refractivity contribution in [2.75, 3.05) is 33.2 Å². The molecule has 1 atom stereocenters. The lowest BCUT2D eigenvalue weighted by atomic mass is 10.2. The van der Waals surface area contributed by atoms with Crippen molar-refractivity contribution in [2.45, 2.75) is 38.3 Å². The molecular weight excluding hydrogens is 457 g/mol. The van der Waals surface area contributed by atoms with Crippen LogP contribution in [-0.2, 0) is 6.54 Å². The van der Waals surface area contributed by atoms with E-state index >= 15 is 0 Å². The zero-order valence-electron chi connectivity index (χ0n) is 15.9. The van der Waals surface area contributed by atoms with Gasteiger partial charge in [-0.2, -0.15) is 0 Å². The third kappa shape index (κ3) is 6.80. The van der Waals surface area contributed by atoms with Crippen molar-refractivity contribution in [1.82, 2.24) is 30.3 Å². The van der Waals surface area contributed by atoms with Crippen LogP contribution in [0.5, 0.6) is 0 Å². The lowest BCUT2D eigenvalue weighted by Gasteiger charge is -2.26. The zero-order valence-corrected chi connectivity index (χ0v) is 18.2. The second-order valence-electron chi connectivity index (χ2n) is 6.56. The summed E-state index contributed by atoms with van der Waals surface area (Å²) in [6.07, 6.45) is 9.91. The number of aliphatic imine (C=N–C) groups is 1. The minimum atomic E-state index is 0. The van der Waals surface area contributed by atoms with Crippen LogP contribution < -0.4 is 10.6 Å². The van der Waals surface area contributed by atoms with Crippen LogP contribution in [0.25, 0.3) is 0 Å². The number of nitrogens with zero attached hydrogens (tertiary/aromatic N) is 5. The number of aromatic nitrogens is 3. The predicted molar refractivity (Wildman–Crippen MR) is 116 cm³/mol. The van der Waals surface area contributed by atoms with Crippen molar-refractivity contribution in [3.05, 3.63) is 36.8 Å². The van der Waals surface area contributed by atoms with E-state index in [1.54, 1.807) is 18.9 Å². The summed E-state index contributed by atoms with van der Waals surface area (Å²) in [5.74, 6) is 1.86. The number of guanidine groups is 1. The summed E-state index contributed by atoms with van der Waals surface area (Å²) in [5, 5.41) is 14.5. The molecule has 0 bridgehead atoms. The van der Waals surface area contributed by atoms with Crippen LogP contribution in [0, 0.1) is 0 Å². The molecule has 9 heteroatoms. The third-order valence-electron chi connectivity index (χ3n) is 4.74. The Labute approximate surface area is 177 Å². The fourth-order valence-electron chi connectivity index (χ4n) is 3.32. The SMILES string of the molecule is CN=C(NCCCCn1cnnc1)NCC(c1ccco1)N1CCCC1.I. The highest BCUT2D eigenvalue weighted by Crippen LogP contribution is 2.24. The van der Waals surface area contributed by atoms with Crippen LogP contribution in [-0.4, -0.2) is 58.9 Å². The second kappa shape index (κ2) is 12.0. The molecule has 2 aromatic rings. The van der Waals surface area contributed by atoms with Crippen molar-refractivity contribution < 1.29 is 4.42 Å². The number of hydrogen-bond donors (Lipinski definition) is 2. The number of aryl methyl sites for hydroxylation is 1. The maximum Gasteiger partial charge on any atom is 0.191 e. The molecule has 1 saturated heterocycles. The molecule has 1 aliphatic rings. The van der Waals surface area contributed by atoms with Gasteiger partial charge in [0.2, 0.25) is 0 Å². The van der Waals surface area contributed by atoms with E-state index in [4.69, 9.17) is 4.42 Å². The molecule has 3 rings (SSSR count). The van der Waals surface area contributed by atoms with Crippen molar-refractivity contribution in [3.63, 3.8) is 0 Å². The monoisotopic (exact) mass is 487 g/mol. The first kappa shape index (κ1) is 21.7. The smallest absolute Gasteiger partial charge is 0.191 e. The standard InChI is InChI=1S/C18H29N7O.HI/c1-19-18(20-8-2-3-9-24-14-22-23-15-24)21-13-16(17-7-6-12-26-17)25-10-4-5-11-25;/h6-7,12,14-16H,2-5,8-11,13H2,1H3,(H2,19,20,21);1H. The van der Waals surface area contributed by atoms with Crippen molar-refractivity contribution in [2.24, 2.45) is 4.99 Å². The fourth-order valence-corrected chi connectivity index (χ4v) is 3.32. The van der Waals surface area contributed by atoms with Crippen LogP contribution in [0.15, 0.2) is 40.5 Å². The van der Waals surface area contributed by atoms with Crippen molar-refractivity contribution >= 4 is 29.9 Å². The van der Waals surface area contributed by atoms with Gasteiger partial charge in [0, 0.05) is 26.7 Å². The minimum Gasteiger partial charge on any atom is -0.468 e. The van der Waals surface area contributed by atoms with E-state index in [1.807, 2.05) is 17.7 Å². The quantitative estimate of drug-likeness (QED) is 0.245. The van der Waals surface area contributed by atoms with Gasteiger partial charge >= 0.3 is 0 Å². The summed E-state index contributed by atoms with van der Waals surface area (Å²) in [5.41, 5.74) is 0. The maximum absolute atomic E-state index is 5.67. The molecule has 1 unspecified atom stereocenters. The van der Waals surface area contributed by atoms with Gasteiger partial charge in [-0.05, 0) is 50.9 Å². The van der Waals surface area contributed by atoms with Gasteiger partial charge in [-0.3, -0.25) is 9.89 Å². The Morgan fingerprint density at radius 2 is 2.00 bits per heavy atom. The first-order chi connectivity index (χ1) is 12.9. The average molecular weight is 487 g/mol. The molecule has 1 fully saturated rings. The molecule has 150 valence electrons. The summed E-state index contributed by atoms with van der Waals surface area (Å²) in [4.78, 5) is 6.82. The highest BCUT2D eigenvalue weighted by atomic mass is 127. The molecule has 0 radical (unpaired) electrons. The van der Waals surface area contributed by atoms with Crippen LogP contribution in [0.4, 0.5) is 0 Å². The van der Waals surface area contributed by atoms with E-state index < -0.39 is 0 Å². The van der Waals surface area contributed by atoms with Gasteiger partial charge in [0.1, 0.15) is 18.4 Å². The van der Waals surface area contributed by atoms with Crippen LogP contribution in [0.2, 0.25) is 0 Å². The van der Waals surface area contributed by atoms with Crippen LogP contribution in [0.3, 0.4) is 0 Å². The first-order valence-electron chi connectivity index (χ1n) is 9.41. The van der Waals surface area contributed by atoms with Crippen LogP contribution in [0.1, 0.15) is 37.5 Å². The van der Waals surface area contributed by atoms with Gasteiger partial charge in [0.05, 0.1) is 12.3 Å². The number of halogens is 1. The number of hydrogen-bond acceptors (Lipinski definition) is 5. The highest BCUT2D eigenvalue weighted by molar-refractivity contribution is 14.0. The molecule has 0 saturated carbocycles. The Bertz CT molecular complexity index is 639. The number of nitrogens with one attached hydrogen (secondary N) is 2. The molecule has 1 aliphatic heterocycles. The maximum atomic E-state index is 5.67. The topological polar surface area (TPSA) is 83.5 Å². The highest BCUT2D eigenvalue weighted by Gasteiger charge is 2.25. The summed E-state index contributed by atoms with van der Waals surface area (Å²) < 4.78 is 7.67. The van der Waals surface area contributed by atoms with E-state index in [2.05, 4.69) is 36.8 Å². The van der Waals surface area contributed by atoms with Gasteiger partial charge in [0.25, 0.3) is 0 Å². The Balaban J connectivity index is 0.00000261. The van der Waals surface area contributed by atoms with Gasteiger partial charge in [-0.1, -0.05) is 0 Å². The van der Waals surface area contributed by atoms with E-state index in [9.17, 15) is 0 Å². The molecule has 0 aliphatic carbocycles. The van der Waals surface area contributed by atoms with Crippen LogP contribution >= 0.6 is 24.0 Å². The lowest BCUT2D eigenvalue weighted by Crippen LogP contribution is -2.42. The molecule has 2 N–H and O–H groups in total. The Kier molecular flexibility index (Phi) is 9.60. The summed E-state index contributed by atoms with van der Waals surface area (Å²) in [6.45, 7) is 4.87. The lowest BCUT2D eigenvalue weighted by molar-refractivity contribution is 0.215. The Morgan fingerprint density at radius 3 is 2.67 bits per heavy atom. The fraction of sp³-hybridized carbons (Fsp3) is 0.611. The van der Waals surface area contributed by atoms with Gasteiger partial charge in [-0.15, -0.1) is 34.2 Å². The second-order valence-corrected chi connectivity index (χ2v) is 6.56. The molecule has 0 aromatic carbocycles. The minimum absolute atomic E-state index is 0. The summed E-state index contributed by atoms with van der Waals surface area (Å²) in [7, 11) is 1.81. The summed E-state index contributed by atoms with van der Waals surface area (Å²) >= 11 is 0. The first-order valence-corrected chi connectivity index (χ1v) is 9.41. The number of likely N-dealkylation sites (tertiary alicyclic amines) is 1. The Morgan fingerprint density at radius 1 is 1.22 bits per heavy atom. The third-order valence-corrected chi connectivity index (χ3v) is 4.74. The van der Waals surface area contributed by atoms with E-state index in [-0.39, 0.29) is 30.0 Å². The van der Waals surface area contributed by atoms with Gasteiger partial charge in [-0.25, -0.2) is 0 Å². The van der Waals surface area contributed by atoms with E-state index in [0.29, 0.717) is 0 Å². The van der Waals surface area contributed by atoms with Gasteiger partial charge in [0.15, 0.2) is 5.96 Å². The van der Waals surface area contributed by atoms with Crippen molar-refractivity contribution in [3.8, 4) is 0 Å². The molecule has 3 heterocycles. The number of rotatable bonds is 9. The average Bonchev–Trinajstić information content (AvgIpc) is 3.43. The predicted octanol–water partition coefficient (Wildman–Crippen LogP) is 2.27. The number of unbranched alkanes of at least 4 members (excludes halogenated alkanes) is 1. The van der Waals surface area contributed by atoms with Crippen molar-refractivity contribution in [1.29, 1.82) is 0 Å².